The summed E-state index contributed by atoms with van der Waals surface area (Å²) in [5, 5.41) is 12.9. The van der Waals surface area contributed by atoms with Crippen LogP contribution < -0.4 is 0 Å². The first kappa shape index (κ1) is 50.8. The van der Waals surface area contributed by atoms with Crippen LogP contribution >= 0.6 is 39.1 Å². The fourth-order valence-corrected chi connectivity index (χ4v) is 15.3. The Kier molecular flexibility index (Phi) is 14.8. The zero-order valence-corrected chi connectivity index (χ0v) is 42.4. The van der Waals surface area contributed by atoms with Crippen LogP contribution in [0.2, 0.25) is 0 Å². The van der Waals surface area contributed by atoms with Gasteiger partial charge in [0.15, 0.2) is 0 Å². The summed E-state index contributed by atoms with van der Waals surface area (Å²) in [6, 6.07) is 34.6. The number of benzene rings is 5. The minimum atomic E-state index is -4.99. The first-order chi connectivity index (χ1) is 34.8. The van der Waals surface area contributed by atoms with Gasteiger partial charge in [0.05, 0.1) is 66.1 Å². The van der Waals surface area contributed by atoms with Crippen molar-refractivity contribution in [3.8, 4) is 0 Å². The van der Waals surface area contributed by atoms with E-state index in [1.54, 1.807) is 121 Å². The summed E-state index contributed by atoms with van der Waals surface area (Å²) in [5.41, 5.74) is 5.88. The van der Waals surface area contributed by atoms with E-state index in [1.165, 1.54) is 0 Å². The second-order valence-corrected chi connectivity index (χ2v) is 25.3. The molecule has 1 N–H and O–H groups in total. The highest BCUT2D eigenvalue weighted by atomic mass is 31.2. The van der Waals surface area contributed by atoms with Crippen molar-refractivity contribution in [2.45, 2.75) is 103 Å². The third kappa shape index (κ3) is 11.1. The fraction of sp³-hybridized carbons (Fsp3) is 0.348. The number of hydrogen-bond acceptors (Lipinski definition) is 21. The molecule has 1 fully saturated rings. The Morgan fingerprint density at radius 2 is 0.417 bits per heavy atom. The van der Waals surface area contributed by atoms with E-state index in [9.17, 15) is 14.2 Å². The molecule has 1 aliphatic carbocycles. The number of fused-ring (bicyclic) bond motifs is 5. The quantitative estimate of drug-likeness (QED) is 0.128. The van der Waals surface area contributed by atoms with Crippen molar-refractivity contribution < 1.29 is 95.8 Å². The molecule has 0 aromatic heterocycles. The zero-order valence-electron chi connectivity index (χ0n) is 37.9. The van der Waals surface area contributed by atoms with Crippen LogP contribution in [0.1, 0.15) is 55.6 Å². The average Bonchev–Trinajstić information content (AvgIpc) is 3.90. The first-order valence-corrected chi connectivity index (χ1v) is 30.0. The third-order valence-electron chi connectivity index (χ3n) is 12.6. The van der Waals surface area contributed by atoms with E-state index >= 15 is 13.7 Å². The summed E-state index contributed by atoms with van der Waals surface area (Å²) in [6.45, 7) is -3.22. The summed E-state index contributed by atoms with van der Waals surface area (Å²) in [6.07, 6.45) is -13.6. The molecule has 5 aromatic carbocycles. The van der Waals surface area contributed by atoms with Crippen LogP contribution in [0.25, 0.3) is 0 Å². The van der Waals surface area contributed by atoms with Gasteiger partial charge in [0, 0.05) is 0 Å². The largest absolute Gasteiger partial charge is 0.475 e. The van der Waals surface area contributed by atoms with Crippen LogP contribution in [-0.4, -0.2) is 41.7 Å². The summed E-state index contributed by atoms with van der Waals surface area (Å²) in [7, 11) is -24.7. The normalized spacial score (nSPS) is 28.1. The maximum atomic E-state index is 15.2. The van der Waals surface area contributed by atoms with E-state index in [-0.39, 0.29) is 66.1 Å². The van der Waals surface area contributed by atoms with Crippen molar-refractivity contribution in [2.24, 2.45) is 0 Å². The minimum Gasteiger partial charge on any atom is -0.387 e. The molecule has 6 atom stereocenters. The summed E-state index contributed by atoms with van der Waals surface area (Å²) in [5.74, 6) is 0. The monoisotopic (exact) mass is 1090 g/mol. The van der Waals surface area contributed by atoms with Crippen molar-refractivity contribution in [2.75, 3.05) is 0 Å². The minimum absolute atomic E-state index is 0.314. The lowest BCUT2D eigenvalue weighted by Gasteiger charge is -2.48. The predicted octanol–water partition coefficient (Wildman–Crippen LogP) is 10.6. The van der Waals surface area contributed by atoms with Gasteiger partial charge in [-0.25, -0.2) is 22.8 Å². The van der Waals surface area contributed by atoms with Crippen LogP contribution in [0.15, 0.2) is 121 Å². The molecule has 6 aliphatic rings. The summed E-state index contributed by atoms with van der Waals surface area (Å²) < 4.78 is 165. The van der Waals surface area contributed by atoms with Crippen LogP contribution in [0.3, 0.4) is 0 Å². The lowest BCUT2D eigenvalue weighted by Crippen LogP contribution is -2.66. The zero-order chi connectivity index (χ0) is 49.6. The Hall–Kier alpha value is -3.39. The highest BCUT2D eigenvalue weighted by molar-refractivity contribution is 7.49. The van der Waals surface area contributed by atoms with Crippen molar-refractivity contribution in [3.05, 3.63) is 177 Å². The summed E-state index contributed by atoms with van der Waals surface area (Å²) in [4.78, 5) is 0. The van der Waals surface area contributed by atoms with Gasteiger partial charge in [-0.3, -0.25) is 67.9 Å². The number of aliphatic hydroxyl groups is 1. The molecule has 72 heavy (non-hydrogen) atoms. The molecule has 0 radical (unpaired) electrons. The molecule has 2 unspecified atom stereocenters. The van der Waals surface area contributed by atoms with E-state index in [0.29, 0.717) is 55.6 Å². The molecule has 382 valence electrons. The van der Waals surface area contributed by atoms with Gasteiger partial charge in [0.2, 0.25) is 0 Å². The molecule has 1 saturated carbocycles. The smallest absolute Gasteiger partial charge is 0.387 e. The third-order valence-corrected chi connectivity index (χ3v) is 19.6. The van der Waals surface area contributed by atoms with Gasteiger partial charge in [0.1, 0.15) is 36.6 Å². The van der Waals surface area contributed by atoms with Crippen LogP contribution in [0, 0.1) is 0 Å². The summed E-state index contributed by atoms with van der Waals surface area (Å²) >= 11 is 0. The van der Waals surface area contributed by atoms with Gasteiger partial charge >= 0.3 is 39.1 Å². The lowest BCUT2D eigenvalue weighted by molar-refractivity contribution is -0.211. The van der Waals surface area contributed by atoms with Crippen molar-refractivity contribution in [1.82, 2.24) is 0 Å². The van der Waals surface area contributed by atoms with Gasteiger partial charge in [-0.2, -0.15) is 0 Å². The number of phosphoric ester groups is 5. The Labute approximate surface area is 413 Å². The topological polar surface area (TPSA) is 244 Å². The molecule has 11 rings (SSSR count). The molecule has 5 heterocycles. The van der Waals surface area contributed by atoms with Crippen molar-refractivity contribution in [1.29, 1.82) is 0 Å². The number of hydrogen-bond donors (Lipinski definition) is 1. The Balaban J connectivity index is 1.03. The van der Waals surface area contributed by atoms with Crippen LogP contribution in [0.4, 0.5) is 0 Å². The molecule has 0 saturated heterocycles. The maximum absolute atomic E-state index is 15.2. The Bertz CT molecular complexity index is 2750. The molecule has 0 bridgehead atoms. The molecular formula is C46H47O21P5. The van der Waals surface area contributed by atoms with Gasteiger partial charge in [0.25, 0.3) is 0 Å². The van der Waals surface area contributed by atoms with Gasteiger partial charge in [-0.15, -0.1) is 0 Å². The Morgan fingerprint density at radius 1 is 0.278 bits per heavy atom. The van der Waals surface area contributed by atoms with Crippen LogP contribution in [0.5, 0.6) is 0 Å². The van der Waals surface area contributed by atoms with Crippen molar-refractivity contribution in [3.63, 3.8) is 0 Å². The van der Waals surface area contributed by atoms with E-state index in [1.807, 2.05) is 0 Å². The number of aliphatic hydroxyl groups excluding tert-OH is 1. The van der Waals surface area contributed by atoms with Crippen LogP contribution in [-0.2, 0) is 157 Å². The molecule has 0 amide bonds. The second-order valence-electron chi connectivity index (χ2n) is 17.2. The fourth-order valence-electron chi connectivity index (χ4n) is 8.66. The maximum Gasteiger partial charge on any atom is 0.475 e. The second kappa shape index (κ2) is 21.0. The number of rotatable bonds is 10. The van der Waals surface area contributed by atoms with E-state index in [2.05, 4.69) is 0 Å². The highest BCUT2D eigenvalue weighted by Crippen LogP contribution is 2.65. The molecule has 0 spiro atoms. The lowest BCUT2D eigenvalue weighted by atomic mass is 9.85. The molecular weight excluding hydrogens is 1040 g/mol. The average molecular weight is 1090 g/mol. The Morgan fingerprint density at radius 3 is 0.583 bits per heavy atom. The van der Waals surface area contributed by atoms with E-state index in [4.69, 9.17) is 67.9 Å². The first-order valence-electron chi connectivity index (χ1n) is 22.6. The van der Waals surface area contributed by atoms with Gasteiger partial charge in [-0.05, 0) is 55.6 Å². The molecule has 5 aliphatic heterocycles. The van der Waals surface area contributed by atoms with E-state index < -0.39 is 75.7 Å². The molecule has 26 heteroatoms. The molecule has 5 aromatic rings. The SMILES string of the molecule is O=P1(OC2[C@@H](OP3(=O)OCc4ccccc4CO3)[C@@H](OP3(=O)OCc4ccccc4CO3)C(O)[C@H](OP3(=O)OCc4ccccc4CO3)[C@H]2OP2(=O)OCc3ccccc3CO2)OCc2ccccc2CO1. The van der Waals surface area contributed by atoms with Gasteiger partial charge < -0.3 is 5.11 Å². The van der Waals surface area contributed by atoms with Crippen molar-refractivity contribution >= 4 is 39.1 Å². The standard InChI is InChI=1S/C46H47O21P5/c47-41-42(63-68(48)53-21-31-11-1-2-12-32(31)22-54-68)44(65-70(50)57-25-35-15-5-6-16-36(35)26-58-70)46(67-72(52)61-29-39-19-9-10-20-40(39)30-62-72)45(66-71(51)59-27-37-17-7-8-18-38(37)28-60-71)43(41)64-69(49)55-23-33-13-3-4-14-34(33)24-56-69/h1-20,41-47H,21-30H2/t41?,42-,43-,44-,45+,46?/m0/s1. The predicted molar refractivity (Wildman–Crippen MR) is 249 cm³/mol. The number of phosphoric acid groups is 5. The van der Waals surface area contributed by atoms with Gasteiger partial charge in [-0.1, -0.05) is 121 Å². The molecule has 21 nitrogen and oxygen atoms in total. The van der Waals surface area contributed by atoms with E-state index in [0.717, 1.165) is 0 Å². The highest BCUT2D eigenvalue weighted by Gasteiger charge is 2.63.